The van der Waals surface area contributed by atoms with E-state index in [1.165, 1.54) is 92.1 Å². The predicted molar refractivity (Wildman–Crippen MR) is 143 cm³/mol. The van der Waals surface area contributed by atoms with Crippen LogP contribution in [0.25, 0.3) is 0 Å². The number of para-hydroxylation sites is 3. The average molecular weight is 604 g/mol. The number of benzene rings is 3. The van der Waals surface area contributed by atoms with E-state index in [1.54, 1.807) is 13.0 Å². The van der Waals surface area contributed by atoms with Gasteiger partial charge in [-0.1, -0.05) is 97.7 Å². The summed E-state index contributed by atoms with van der Waals surface area (Å²) in [5.41, 5.74) is -0.535. The summed E-state index contributed by atoms with van der Waals surface area (Å²) >= 11 is 0. The maximum atomic E-state index is 10.7. The number of allylic oxidation sites excluding steroid dienone is 2. The smallest absolute Gasteiger partial charge is 0.872 e. The second-order valence-electron chi connectivity index (χ2n) is 7.91. The third-order valence-corrected chi connectivity index (χ3v) is 4.68. The topological polar surface area (TPSA) is 198 Å². The summed E-state index contributed by atoms with van der Waals surface area (Å²) in [4.78, 5) is 41.1. The van der Waals surface area contributed by atoms with Gasteiger partial charge in [0.05, 0.1) is 16.7 Å². The van der Waals surface area contributed by atoms with Crippen molar-refractivity contribution < 1.29 is 67.2 Å². The van der Waals surface area contributed by atoms with Crippen molar-refractivity contribution in [3.8, 4) is 17.2 Å². The molecule has 3 rings (SSSR count). The summed E-state index contributed by atoms with van der Waals surface area (Å²) in [5.74, 6) is -4.72. The van der Waals surface area contributed by atoms with Crippen LogP contribution in [-0.2, 0) is 22.2 Å². The summed E-state index contributed by atoms with van der Waals surface area (Å²) in [5, 5.41) is 57.1. The zero-order chi connectivity index (χ0) is 30.5. The number of ketones is 1. The molecule has 0 aliphatic heterocycles. The van der Waals surface area contributed by atoms with E-state index >= 15 is 0 Å². The predicted octanol–water partition coefficient (Wildman–Crippen LogP) is 4.08. The van der Waals surface area contributed by atoms with Crippen LogP contribution in [0.4, 0.5) is 0 Å². The van der Waals surface area contributed by atoms with Gasteiger partial charge in [0.2, 0.25) is 0 Å². The molecule has 0 saturated carbocycles. The van der Waals surface area contributed by atoms with Gasteiger partial charge in [0, 0.05) is 0 Å². The van der Waals surface area contributed by atoms with Crippen LogP contribution in [0.15, 0.2) is 84.9 Å². The summed E-state index contributed by atoms with van der Waals surface area (Å²) < 4.78 is 0. The third kappa shape index (κ3) is 17.6. The van der Waals surface area contributed by atoms with E-state index in [1.807, 2.05) is 6.08 Å². The van der Waals surface area contributed by atoms with Gasteiger partial charge in [-0.05, 0) is 44.0 Å². The molecule has 3 N–H and O–H groups in total. The fourth-order valence-electron chi connectivity index (χ4n) is 2.69. The molecule has 1 radical (unpaired) electrons. The molecule has 41 heavy (non-hydrogen) atoms. The molecule has 3 aromatic rings. The summed E-state index contributed by atoms with van der Waals surface area (Å²) in [6, 6.07) is 16.6. The van der Waals surface area contributed by atoms with E-state index in [4.69, 9.17) is 15.3 Å². The van der Waals surface area contributed by atoms with Crippen molar-refractivity contribution in [1.82, 2.24) is 0 Å². The Kier molecular flexibility index (Phi) is 20.9. The molecule has 11 heteroatoms. The normalized spacial score (nSPS) is 9.32. The van der Waals surface area contributed by atoms with Crippen LogP contribution in [-0.4, -0.2) is 39.0 Å². The van der Waals surface area contributed by atoms with Crippen LogP contribution in [0.2, 0.25) is 0 Å². The number of rotatable bonds is 8. The van der Waals surface area contributed by atoms with Crippen LogP contribution in [0.1, 0.15) is 70.6 Å². The van der Waals surface area contributed by atoms with E-state index in [0.29, 0.717) is 0 Å². The van der Waals surface area contributed by atoms with Crippen LogP contribution in [0, 0.1) is 0 Å². The summed E-state index contributed by atoms with van der Waals surface area (Å²) in [6.07, 6.45) is 8.37. The van der Waals surface area contributed by atoms with E-state index < -0.39 is 35.2 Å². The van der Waals surface area contributed by atoms with Crippen molar-refractivity contribution in [2.24, 2.45) is 0 Å². The quantitative estimate of drug-likeness (QED) is 0.249. The van der Waals surface area contributed by atoms with Gasteiger partial charge in [-0.3, -0.25) is 4.79 Å². The van der Waals surface area contributed by atoms with Crippen molar-refractivity contribution in [3.05, 3.63) is 102 Å². The van der Waals surface area contributed by atoms with Gasteiger partial charge in [-0.2, -0.15) is 0 Å². The first-order valence-corrected chi connectivity index (χ1v) is 12.1. The Morgan fingerprint density at radius 2 is 0.951 bits per heavy atom. The van der Waals surface area contributed by atoms with E-state index in [2.05, 4.69) is 6.92 Å². The van der Waals surface area contributed by atoms with Gasteiger partial charge in [0.1, 0.15) is 0 Å². The first-order chi connectivity index (χ1) is 18.9. The molecule has 0 saturated heterocycles. The van der Waals surface area contributed by atoms with Crippen LogP contribution >= 0.6 is 0 Å². The van der Waals surface area contributed by atoms with Crippen LogP contribution < -0.4 is 15.3 Å². The number of carbonyl (C=O) groups excluding carboxylic acids is 1. The van der Waals surface area contributed by atoms with Gasteiger partial charge >= 0.3 is 35.3 Å². The fraction of sp³-hybridized carbons (Fsp3) is 0.200. The molecule has 3 aromatic carbocycles. The molecule has 10 nitrogen and oxygen atoms in total. The number of hydrogen-bond donors (Lipinski definition) is 3. The monoisotopic (exact) mass is 603 g/mol. The number of aromatic carboxylic acids is 3. The maximum Gasteiger partial charge on any atom is 3.00 e. The van der Waals surface area contributed by atoms with Gasteiger partial charge in [0.15, 0.2) is 5.78 Å². The van der Waals surface area contributed by atoms with Crippen molar-refractivity contribution in [2.45, 2.75) is 39.5 Å². The number of unbranched alkanes of at least 4 members (excludes halogenated alkanes) is 3. The van der Waals surface area contributed by atoms with Crippen LogP contribution in [0.3, 0.4) is 0 Å². The largest absolute Gasteiger partial charge is 3.00 e. The van der Waals surface area contributed by atoms with Crippen molar-refractivity contribution >= 4 is 23.7 Å². The van der Waals surface area contributed by atoms with Gasteiger partial charge in [0.25, 0.3) is 0 Å². The Bertz CT molecular complexity index is 1140. The van der Waals surface area contributed by atoms with E-state index in [9.17, 15) is 34.5 Å². The molecule has 0 unspecified atom stereocenters. The average Bonchev–Trinajstić information content (AvgIpc) is 2.90. The molecular formula is C30H31CrO10. The summed E-state index contributed by atoms with van der Waals surface area (Å²) in [6.45, 7) is 3.75. The Morgan fingerprint density at radius 1 is 0.634 bits per heavy atom. The Morgan fingerprint density at radius 3 is 1.17 bits per heavy atom. The molecular weight excluding hydrogens is 572 g/mol. The fourth-order valence-corrected chi connectivity index (χ4v) is 2.69. The number of carboxylic acids is 3. The molecule has 0 aliphatic carbocycles. The molecule has 0 bridgehead atoms. The number of carboxylic acid groups (broad SMARTS) is 3. The number of hydrogen-bond acceptors (Lipinski definition) is 7. The van der Waals surface area contributed by atoms with Gasteiger partial charge in [-0.15, -0.1) is 0 Å². The van der Waals surface area contributed by atoms with Gasteiger partial charge in [-0.25, -0.2) is 14.4 Å². The molecule has 0 atom stereocenters. The maximum absolute atomic E-state index is 10.7. The molecule has 0 amide bonds. The van der Waals surface area contributed by atoms with Crippen molar-refractivity contribution in [3.63, 3.8) is 0 Å². The molecule has 0 spiro atoms. The third-order valence-electron chi connectivity index (χ3n) is 4.68. The minimum atomic E-state index is -1.18. The zero-order valence-corrected chi connectivity index (χ0v) is 23.8. The van der Waals surface area contributed by atoms with E-state index in [-0.39, 0.29) is 39.8 Å². The van der Waals surface area contributed by atoms with Crippen molar-refractivity contribution in [1.29, 1.82) is 0 Å². The Balaban J connectivity index is 0. The first-order valence-electron chi connectivity index (χ1n) is 12.1. The minimum Gasteiger partial charge on any atom is -0.872 e. The zero-order valence-electron chi connectivity index (χ0n) is 22.5. The molecule has 0 heterocycles. The minimum absolute atomic E-state index is 0. The Hall–Kier alpha value is -4.59. The molecule has 217 valence electrons. The number of carbonyl (C=O) groups is 4. The summed E-state index contributed by atoms with van der Waals surface area (Å²) in [7, 11) is 0. The first kappa shape index (κ1) is 38.6. The SMILES string of the molecule is CCCCCC=CC(C)=O.O=C(O)c1ccccc1[O-].O=C(O)c1ccccc1[O-].O=C(O)c1ccccc1[O-].[Cr+3]. The standard InChI is InChI=1S/C9H16O.3C7H6O3.Cr/c1-3-4-5-6-7-8-9(2)10;3*8-6-4-2-1-3-5(6)7(9)10;/h7-8H,3-6H2,1-2H3;3*1-4,8H,(H,9,10);/q;;;;+3/p-3. The second-order valence-corrected chi connectivity index (χ2v) is 7.91. The van der Waals surface area contributed by atoms with E-state index in [0.717, 1.165) is 6.42 Å². The Labute approximate surface area is 249 Å². The van der Waals surface area contributed by atoms with Gasteiger partial charge < -0.3 is 30.6 Å². The molecule has 0 aromatic heterocycles. The van der Waals surface area contributed by atoms with Crippen LogP contribution in [0.5, 0.6) is 17.2 Å². The van der Waals surface area contributed by atoms with Crippen molar-refractivity contribution in [2.75, 3.05) is 0 Å². The second kappa shape index (κ2) is 22.3. The molecule has 0 fully saturated rings. The molecule has 0 aliphatic rings.